The number of aromatic nitrogens is 7. The third-order valence-corrected chi connectivity index (χ3v) is 7.29. The molecule has 2 aliphatic rings. The van der Waals surface area contributed by atoms with Gasteiger partial charge in [-0.1, -0.05) is 17.3 Å². The summed E-state index contributed by atoms with van der Waals surface area (Å²) >= 11 is 0. The minimum absolute atomic E-state index is 0.118. The zero-order chi connectivity index (χ0) is 25.9. The minimum atomic E-state index is 0.118. The summed E-state index contributed by atoms with van der Waals surface area (Å²) < 4.78 is 3.51. The van der Waals surface area contributed by atoms with Crippen molar-refractivity contribution in [2.45, 2.75) is 25.3 Å². The van der Waals surface area contributed by atoms with Crippen molar-refractivity contribution >= 4 is 23.0 Å². The van der Waals surface area contributed by atoms with Crippen LogP contribution in [0.25, 0.3) is 28.0 Å². The lowest BCUT2D eigenvalue weighted by atomic mass is 10.1. The lowest BCUT2D eigenvalue weighted by Gasteiger charge is -2.27. The number of benzene rings is 1. The van der Waals surface area contributed by atoms with Gasteiger partial charge in [-0.25, -0.2) is 4.98 Å². The monoisotopic (exact) mass is 515 g/mol. The Morgan fingerprint density at radius 1 is 1.11 bits per heavy atom. The Labute approximate surface area is 221 Å². The highest BCUT2D eigenvalue weighted by Gasteiger charge is 2.27. The molecule has 0 saturated carbocycles. The molecule has 4 aromatic rings. The van der Waals surface area contributed by atoms with Crippen LogP contribution >= 0.6 is 0 Å². The summed E-state index contributed by atoms with van der Waals surface area (Å²) in [7, 11) is 1.90. The first-order chi connectivity index (χ1) is 18.6. The molecule has 3 aromatic heterocycles. The topological polar surface area (TPSA) is 122 Å². The number of piperazine rings is 1. The molecule has 1 atom stereocenters. The van der Waals surface area contributed by atoms with E-state index in [0.29, 0.717) is 30.1 Å². The Balaban J connectivity index is 1.07. The Bertz CT molecular complexity index is 1390. The Hall–Kier alpha value is -3.90. The Kier molecular flexibility index (Phi) is 6.97. The number of fused-ring (bicyclic) bond motifs is 1. The van der Waals surface area contributed by atoms with Gasteiger partial charge < -0.3 is 20.4 Å². The van der Waals surface area contributed by atoms with E-state index in [4.69, 9.17) is 4.98 Å². The summed E-state index contributed by atoms with van der Waals surface area (Å²) in [5, 5.41) is 19.6. The van der Waals surface area contributed by atoms with Gasteiger partial charge >= 0.3 is 0 Å². The minimum Gasteiger partial charge on any atom is -0.350 e. The van der Waals surface area contributed by atoms with Crippen molar-refractivity contribution in [3.63, 3.8) is 0 Å². The molecule has 1 amide bonds. The maximum absolute atomic E-state index is 12.8. The maximum atomic E-state index is 12.8. The van der Waals surface area contributed by atoms with Crippen molar-refractivity contribution in [1.82, 2.24) is 49.9 Å². The predicted molar refractivity (Wildman–Crippen MR) is 144 cm³/mol. The fraction of sp³-hybridized carbons (Fsp3) is 0.462. The number of aryl methyl sites for hydroxylation is 1. The summed E-state index contributed by atoms with van der Waals surface area (Å²) in [4.78, 5) is 26.3. The van der Waals surface area contributed by atoms with E-state index in [-0.39, 0.29) is 11.9 Å². The molecule has 0 spiro atoms. The van der Waals surface area contributed by atoms with Crippen molar-refractivity contribution in [3.8, 4) is 16.8 Å². The fourth-order valence-electron chi connectivity index (χ4n) is 5.17. The van der Waals surface area contributed by atoms with Crippen molar-refractivity contribution in [2.24, 2.45) is 7.05 Å². The number of carbonyl (C=O) groups excluding carboxylic acids is 1. The van der Waals surface area contributed by atoms with E-state index >= 15 is 0 Å². The average molecular weight is 516 g/mol. The molecule has 6 rings (SSSR count). The molecule has 12 nitrogen and oxygen atoms in total. The fourth-order valence-corrected chi connectivity index (χ4v) is 5.17. The summed E-state index contributed by atoms with van der Waals surface area (Å²) in [5.41, 5.74) is 4.26. The molecule has 12 heteroatoms. The standard InChI is InChI=1S/C26H33N11O/c1-34-17-20(15-29-34)19-4-6-22(7-5-19)37-25-23(32-33-37)16-28-26(31-25)30-21-8-12-36(18-21)24(38)3-2-11-35-13-9-27-10-14-35/h4-7,15-17,21,27H,2-3,8-14,18H2,1H3,(H,28,30,31). The van der Waals surface area contributed by atoms with Crippen LogP contribution in [0.5, 0.6) is 0 Å². The van der Waals surface area contributed by atoms with Gasteiger partial charge in [-0.2, -0.15) is 14.8 Å². The first kappa shape index (κ1) is 24.4. The second-order valence-electron chi connectivity index (χ2n) is 10.0. The van der Waals surface area contributed by atoms with Gasteiger partial charge in [0.05, 0.1) is 18.1 Å². The van der Waals surface area contributed by atoms with E-state index in [0.717, 1.165) is 68.9 Å². The highest BCUT2D eigenvalue weighted by molar-refractivity contribution is 5.76. The van der Waals surface area contributed by atoms with Crippen LogP contribution in [0.2, 0.25) is 0 Å². The van der Waals surface area contributed by atoms with Gasteiger partial charge in [0.2, 0.25) is 11.9 Å². The van der Waals surface area contributed by atoms with E-state index in [1.807, 2.05) is 48.6 Å². The second-order valence-corrected chi connectivity index (χ2v) is 10.0. The molecule has 2 aliphatic heterocycles. The van der Waals surface area contributed by atoms with E-state index in [9.17, 15) is 4.79 Å². The van der Waals surface area contributed by atoms with Crippen LogP contribution in [-0.2, 0) is 11.8 Å². The molecule has 38 heavy (non-hydrogen) atoms. The molecular weight excluding hydrogens is 482 g/mol. The van der Waals surface area contributed by atoms with Gasteiger partial charge in [-0.05, 0) is 37.1 Å². The van der Waals surface area contributed by atoms with Gasteiger partial charge in [-0.3, -0.25) is 9.48 Å². The van der Waals surface area contributed by atoms with Crippen molar-refractivity contribution < 1.29 is 4.79 Å². The van der Waals surface area contributed by atoms with Crippen molar-refractivity contribution in [1.29, 1.82) is 0 Å². The Morgan fingerprint density at radius 2 is 1.95 bits per heavy atom. The second kappa shape index (κ2) is 10.8. The molecule has 198 valence electrons. The van der Waals surface area contributed by atoms with Crippen LogP contribution in [0.15, 0.2) is 42.9 Å². The third kappa shape index (κ3) is 5.36. The lowest BCUT2D eigenvalue weighted by molar-refractivity contribution is -0.130. The van der Waals surface area contributed by atoms with Crippen LogP contribution in [0.4, 0.5) is 5.95 Å². The van der Waals surface area contributed by atoms with Crippen molar-refractivity contribution in [2.75, 3.05) is 51.1 Å². The molecule has 1 unspecified atom stereocenters. The number of likely N-dealkylation sites (tertiary alicyclic amines) is 1. The SMILES string of the molecule is Cn1cc(-c2ccc(-n3nnc4cnc(NC5CCN(C(=O)CCCN6CCNCC6)C5)nc43)cc2)cn1. The quantitative estimate of drug-likeness (QED) is 0.358. The van der Waals surface area contributed by atoms with Crippen LogP contribution in [0.1, 0.15) is 19.3 Å². The Morgan fingerprint density at radius 3 is 2.74 bits per heavy atom. The molecule has 0 bridgehead atoms. The first-order valence-electron chi connectivity index (χ1n) is 13.3. The molecule has 1 aromatic carbocycles. The molecule has 0 aliphatic carbocycles. The van der Waals surface area contributed by atoms with Crippen LogP contribution in [0.3, 0.4) is 0 Å². The number of carbonyl (C=O) groups is 1. The largest absolute Gasteiger partial charge is 0.350 e. The van der Waals surface area contributed by atoms with E-state index in [1.54, 1.807) is 15.6 Å². The molecule has 2 fully saturated rings. The van der Waals surface area contributed by atoms with Gasteiger partial charge in [0.1, 0.15) is 0 Å². The summed E-state index contributed by atoms with van der Waals surface area (Å²) in [6.45, 7) is 6.63. The van der Waals surface area contributed by atoms with Gasteiger partial charge in [-0.15, -0.1) is 5.10 Å². The summed E-state index contributed by atoms with van der Waals surface area (Å²) in [5.74, 6) is 0.754. The summed E-state index contributed by atoms with van der Waals surface area (Å²) in [6, 6.07) is 8.18. The number of anilines is 1. The number of nitrogens with one attached hydrogen (secondary N) is 2. The zero-order valence-corrected chi connectivity index (χ0v) is 21.6. The van der Waals surface area contributed by atoms with E-state index in [1.165, 1.54) is 0 Å². The number of amides is 1. The van der Waals surface area contributed by atoms with E-state index in [2.05, 4.69) is 35.9 Å². The third-order valence-electron chi connectivity index (χ3n) is 7.29. The summed E-state index contributed by atoms with van der Waals surface area (Å²) in [6.07, 6.45) is 7.90. The van der Waals surface area contributed by atoms with Crippen LogP contribution in [0, 0.1) is 0 Å². The van der Waals surface area contributed by atoms with Crippen molar-refractivity contribution in [3.05, 3.63) is 42.9 Å². The zero-order valence-electron chi connectivity index (χ0n) is 21.6. The van der Waals surface area contributed by atoms with Crippen LogP contribution < -0.4 is 10.6 Å². The highest BCUT2D eigenvalue weighted by atomic mass is 16.2. The lowest BCUT2D eigenvalue weighted by Crippen LogP contribution is -2.44. The smallest absolute Gasteiger partial charge is 0.225 e. The number of rotatable bonds is 8. The molecule has 5 heterocycles. The van der Waals surface area contributed by atoms with Crippen LogP contribution in [-0.4, -0.2) is 102 Å². The number of hydrogen-bond donors (Lipinski definition) is 2. The molecular formula is C26H33N11O. The molecule has 2 saturated heterocycles. The predicted octanol–water partition coefficient (Wildman–Crippen LogP) is 1.31. The number of nitrogens with zero attached hydrogens (tertiary/aromatic N) is 9. The van der Waals surface area contributed by atoms with Gasteiger partial charge in [0.15, 0.2) is 11.2 Å². The molecule has 0 radical (unpaired) electrons. The first-order valence-corrected chi connectivity index (χ1v) is 13.3. The van der Waals surface area contributed by atoms with Gasteiger partial charge in [0.25, 0.3) is 0 Å². The van der Waals surface area contributed by atoms with E-state index < -0.39 is 0 Å². The molecule has 2 N–H and O–H groups in total. The highest BCUT2D eigenvalue weighted by Crippen LogP contribution is 2.22. The maximum Gasteiger partial charge on any atom is 0.225 e. The number of hydrogen-bond acceptors (Lipinski definition) is 9. The normalized spacial score (nSPS) is 18.3. The van der Waals surface area contributed by atoms with Gasteiger partial charge in [0, 0.05) is 70.5 Å². The average Bonchev–Trinajstić information content (AvgIpc) is 3.69.